The van der Waals surface area contributed by atoms with Crippen LogP contribution in [0.4, 0.5) is 11.4 Å². The average molecular weight is 452 g/mol. The van der Waals surface area contributed by atoms with E-state index in [0.717, 1.165) is 51.7 Å². The van der Waals surface area contributed by atoms with E-state index in [4.69, 9.17) is 5.41 Å². The van der Waals surface area contributed by atoms with E-state index < -0.39 is 10.0 Å². The molecule has 32 heavy (non-hydrogen) atoms. The zero-order valence-electron chi connectivity index (χ0n) is 18.4. The first-order chi connectivity index (χ1) is 15.4. The lowest BCUT2D eigenvalue weighted by molar-refractivity contribution is 0.330. The molecule has 0 unspecified atom stereocenters. The maximum atomic E-state index is 12.2. The highest BCUT2D eigenvalue weighted by atomic mass is 32.2. The molecular formula is C24H29N5O2S. The Labute approximate surface area is 189 Å². The normalized spacial score (nSPS) is 15.6. The Kier molecular flexibility index (Phi) is 6.43. The predicted octanol–water partition coefficient (Wildman–Crippen LogP) is 4.17. The molecule has 4 rings (SSSR count). The van der Waals surface area contributed by atoms with Crippen LogP contribution < -0.4 is 10.6 Å². The van der Waals surface area contributed by atoms with Crippen LogP contribution in [0.25, 0.3) is 21.9 Å². The lowest BCUT2D eigenvalue weighted by atomic mass is 9.97. The van der Waals surface area contributed by atoms with Gasteiger partial charge in [-0.2, -0.15) is 0 Å². The number of rotatable bonds is 7. The minimum atomic E-state index is -3.14. The number of piperidine rings is 1. The third-order valence-corrected chi connectivity index (χ3v) is 8.02. The van der Waals surface area contributed by atoms with Crippen LogP contribution in [0.1, 0.15) is 25.3 Å². The van der Waals surface area contributed by atoms with Gasteiger partial charge in [-0.05, 0) is 66.6 Å². The average Bonchev–Trinajstić information content (AvgIpc) is 2.83. The Bertz CT molecular complexity index is 1230. The highest BCUT2D eigenvalue weighted by Gasteiger charge is 2.27. The number of pyridine rings is 1. The summed E-state index contributed by atoms with van der Waals surface area (Å²) >= 11 is 0. The number of nitrogens with one attached hydrogen (secondary N) is 3. The molecule has 0 radical (unpaired) electrons. The van der Waals surface area contributed by atoms with Crippen molar-refractivity contribution in [3.8, 4) is 11.1 Å². The van der Waals surface area contributed by atoms with Crippen LogP contribution in [0.15, 0.2) is 48.8 Å². The van der Waals surface area contributed by atoms with E-state index >= 15 is 0 Å². The smallest absolute Gasteiger partial charge is 0.213 e. The quantitative estimate of drug-likeness (QED) is 0.469. The Morgan fingerprint density at radius 3 is 2.59 bits per heavy atom. The maximum Gasteiger partial charge on any atom is 0.213 e. The van der Waals surface area contributed by atoms with Crippen LogP contribution in [-0.2, 0) is 10.0 Å². The van der Waals surface area contributed by atoms with Crippen molar-refractivity contribution in [2.24, 2.45) is 0 Å². The number of sulfonamides is 1. The van der Waals surface area contributed by atoms with Crippen molar-refractivity contribution in [2.45, 2.75) is 25.8 Å². The van der Waals surface area contributed by atoms with Gasteiger partial charge in [0.25, 0.3) is 0 Å². The summed E-state index contributed by atoms with van der Waals surface area (Å²) in [6.07, 6.45) is 6.54. The number of aromatic nitrogens is 1. The summed E-state index contributed by atoms with van der Waals surface area (Å²) in [7, 11) is -1.28. The van der Waals surface area contributed by atoms with Crippen molar-refractivity contribution in [1.29, 1.82) is 5.41 Å². The van der Waals surface area contributed by atoms with E-state index in [1.165, 1.54) is 6.21 Å². The largest absolute Gasteiger partial charge is 0.388 e. The van der Waals surface area contributed by atoms with Crippen molar-refractivity contribution in [3.05, 3.63) is 54.4 Å². The molecule has 0 amide bonds. The van der Waals surface area contributed by atoms with Crippen LogP contribution in [0.3, 0.4) is 0 Å². The highest BCUT2D eigenvalue weighted by Crippen LogP contribution is 2.33. The fourth-order valence-electron chi connectivity index (χ4n) is 4.25. The first-order valence-corrected chi connectivity index (χ1v) is 12.5. The first-order valence-electron chi connectivity index (χ1n) is 10.9. The number of fused-ring (bicyclic) bond motifs is 1. The van der Waals surface area contributed by atoms with Crippen molar-refractivity contribution in [2.75, 3.05) is 36.5 Å². The van der Waals surface area contributed by atoms with E-state index in [-0.39, 0.29) is 11.8 Å². The molecule has 3 N–H and O–H groups in total. The molecule has 1 fully saturated rings. The van der Waals surface area contributed by atoms with E-state index in [1.807, 2.05) is 31.4 Å². The second kappa shape index (κ2) is 9.26. The fraction of sp³-hybridized carbons (Fsp3) is 0.333. The summed E-state index contributed by atoms with van der Waals surface area (Å²) in [6.45, 7) is 2.77. The molecule has 0 bridgehead atoms. The molecule has 2 heterocycles. The van der Waals surface area contributed by atoms with Crippen LogP contribution >= 0.6 is 0 Å². The molecule has 7 nitrogen and oxygen atoms in total. The first kappa shape index (κ1) is 22.2. The van der Waals surface area contributed by atoms with Crippen LogP contribution in [0.5, 0.6) is 0 Å². The fourth-order valence-corrected chi connectivity index (χ4v) is 5.39. The topological polar surface area (TPSA) is 98.2 Å². The Balaban J connectivity index is 1.65. The van der Waals surface area contributed by atoms with Gasteiger partial charge in [0, 0.05) is 67.1 Å². The SMILES string of the molecule is CCS(=O)(=O)N1CCC(Nc2cc(-c3ccc(NC)c(C=N)c3)cc3ccncc23)CC1. The van der Waals surface area contributed by atoms with E-state index in [9.17, 15) is 8.42 Å². The molecule has 1 saturated heterocycles. The summed E-state index contributed by atoms with van der Waals surface area (Å²) < 4.78 is 25.9. The second-order valence-corrected chi connectivity index (χ2v) is 10.3. The molecule has 1 aliphatic heterocycles. The Hall–Kier alpha value is -2.97. The zero-order valence-corrected chi connectivity index (χ0v) is 19.2. The maximum absolute atomic E-state index is 12.2. The molecule has 0 atom stereocenters. The third-order valence-electron chi connectivity index (χ3n) is 6.14. The molecule has 0 aliphatic carbocycles. The molecule has 0 spiro atoms. The molecule has 168 valence electrons. The van der Waals surface area contributed by atoms with Crippen LogP contribution in [0.2, 0.25) is 0 Å². The van der Waals surface area contributed by atoms with E-state index in [2.05, 4.69) is 33.8 Å². The number of nitrogens with zero attached hydrogens (tertiary/aromatic N) is 2. The molecule has 8 heteroatoms. The predicted molar refractivity (Wildman–Crippen MR) is 132 cm³/mol. The molecule has 1 aliphatic rings. The van der Waals surface area contributed by atoms with Crippen molar-refractivity contribution in [1.82, 2.24) is 9.29 Å². The van der Waals surface area contributed by atoms with Gasteiger partial charge >= 0.3 is 0 Å². The van der Waals surface area contributed by atoms with Gasteiger partial charge in [0.15, 0.2) is 0 Å². The molecule has 2 aromatic carbocycles. The summed E-state index contributed by atoms with van der Waals surface area (Å²) in [5.74, 6) is 0.146. The van der Waals surface area contributed by atoms with Gasteiger partial charge in [-0.3, -0.25) is 4.98 Å². The highest BCUT2D eigenvalue weighted by molar-refractivity contribution is 7.89. The molecule has 0 saturated carbocycles. The summed E-state index contributed by atoms with van der Waals surface area (Å²) in [5, 5.41) is 16.6. The van der Waals surface area contributed by atoms with E-state index in [0.29, 0.717) is 13.1 Å². The number of anilines is 2. The van der Waals surface area contributed by atoms with Gasteiger partial charge < -0.3 is 16.0 Å². The molecule has 1 aromatic heterocycles. The van der Waals surface area contributed by atoms with Gasteiger partial charge in [0.05, 0.1) is 5.75 Å². The van der Waals surface area contributed by atoms with Gasteiger partial charge in [-0.1, -0.05) is 6.07 Å². The van der Waals surface area contributed by atoms with E-state index in [1.54, 1.807) is 17.4 Å². The minimum absolute atomic E-state index is 0.146. The van der Waals surface area contributed by atoms with Crippen molar-refractivity contribution >= 4 is 38.4 Å². The summed E-state index contributed by atoms with van der Waals surface area (Å²) in [5.41, 5.74) is 4.84. The second-order valence-electron chi connectivity index (χ2n) is 8.04. The van der Waals surface area contributed by atoms with Gasteiger partial charge in [0.1, 0.15) is 0 Å². The number of hydrogen-bond acceptors (Lipinski definition) is 6. The van der Waals surface area contributed by atoms with Gasteiger partial charge in [0.2, 0.25) is 10.0 Å². The third kappa shape index (κ3) is 4.47. The van der Waals surface area contributed by atoms with Crippen LogP contribution in [0, 0.1) is 5.41 Å². The Morgan fingerprint density at radius 1 is 1.12 bits per heavy atom. The lowest BCUT2D eigenvalue weighted by Gasteiger charge is -2.32. The molecular weight excluding hydrogens is 422 g/mol. The summed E-state index contributed by atoms with van der Waals surface area (Å²) in [6, 6.07) is 12.5. The summed E-state index contributed by atoms with van der Waals surface area (Å²) in [4.78, 5) is 4.31. The molecule has 3 aromatic rings. The minimum Gasteiger partial charge on any atom is -0.388 e. The number of benzene rings is 2. The van der Waals surface area contributed by atoms with Crippen molar-refractivity contribution < 1.29 is 8.42 Å². The van der Waals surface area contributed by atoms with Gasteiger partial charge in [-0.15, -0.1) is 0 Å². The Morgan fingerprint density at radius 2 is 1.91 bits per heavy atom. The number of hydrogen-bond donors (Lipinski definition) is 3. The standard InChI is InChI=1S/C24H29N5O2S/c1-3-32(30,31)29-10-7-21(8-11-29)28-24-14-19(13-18-6-9-27-16-22(18)24)17-4-5-23(26-2)20(12-17)15-25/h4-6,9,12-16,21,25-26,28H,3,7-8,10-11H2,1-2H3. The van der Waals surface area contributed by atoms with Crippen LogP contribution in [-0.4, -0.2) is 55.9 Å². The lowest BCUT2D eigenvalue weighted by Crippen LogP contribution is -2.42. The monoisotopic (exact) mass is 451 g/mol. The van der Waals surface area contributed by atoms with Crippen molar-refractivity contribution in [3.63, 3.8) is 0 Å². The zero-order chi connectivity index (χ0) is 22.7. The van der Waals surface area contributed by atoms with Gasteiger partial charge in [-0.25, -0.2) is 12.7 Å².